The zero-order valence-corrected chi connectivity index (χ0v) is 11.0. The van der Waals surface area contributed by atoms with Gasteiger partial charge in [-0.3, -0.25) is 0 Å². The number of rotatable bonds is 6. The van der Waals surface area contributed by atoms with E-state index in [0.29, 0.717) is 12.1 Å². The Morgan fingerprint density at radius 2 is 2.40 bits per heavy atom. The van der Waals surface area contributed by atoms with Crippen LogP contribution in [0.3, 0.4) is 0 Å². The molecular weight excluding hydrogens is 208 g/mol. The average Bonchev–Trinajstić information content (AvgIpc) is 2.27. The van der Waals surface area contributed by atoms with Gasteiger partial charge in [0, 0.05) is 30.9 Å². The van der Waals surface area contributed by atoms with Crippen molar-refractivity contribution >= 4 is 11.8 Å². The third kappa shape index (κ3) is 5.20. The van der Waals surface area contributed by atoms with Crippen LogP contribution in [0.2, 0.25) is 0 Å². The first-order valence-electron chi connectivity index (χ1n) is 5.74. The fourth-order valence-electron chi connectivity index (χ4n) is 1.82. The molecule has 15 heavy (non-hydrogen) atoms. The lowest BCUT2D eigenvalue weighted by molar-refractivity contribution is 0.0649. The maximum atomic E-state index is 5.46. The van der Waals surface area contributed by atoms with Crippen molar-refractivity contribution < 1.29 is 4.74 Å². The molecule has 1 heterocycles. The van der Waals surface area contributed by atoms with Gasteiger partial charge in [-0.1, -0.05) is 0 Å². The van der Waals surface area contributed by atoms with Crippen molar-refractivity contribution in [3.05, 3.63) is 0 Å². The topological polar surface area (TPSA) is 24.5 Å². The Bertz CT molecular complexity index is 163. The highest BCUT2D eigenvalue weighted by Crippen LogP contribution is 2.08. The molecule has 0 aromatic carbocycles. The predicted octanol–water partition coefficient (Wildman–Crippen LogP) is 1.05. The van der Waals surface area contributed by atoms with E-state index in [-0.39, 0.29) is 0 Å². The van der Waals surface area contributed by atoms with Crippen molar-refractivity contribution in [3.63, 3.8) is 0 Å². The molecule has 0 spiro atoms. The first-order valence-corrected chi connectivity index (χ1v) is 7.13. The molecule has 1 saturated heterocycles. The van der Waals surface area contributed by atoms with Crippen molar-refractivity contribution in [1.82, 2.24) is 10.2 Å². The zero-order valence-electron chi connectivity index (χ0n) is 10.2. The smallest absolute Gasteiger partial charge is 0.0620 e. The summed E-state index contributed by atoms with van der Waals surface area (Å²) >= 11 is 1.91. The fourth-order valence-corrected chi connectivity index (χ4v) is 2.29. The summed E-state index contributed by atoms with van der Waals surface area (Å²) in [5, 5.41) is 3.50. The lowest BCUT2D eigenvalue weighted by atomic mass is 10.1. The third-order valence-electron chi connectivity index (χ3n) is 3.02. The number of thioether (sulfide) groups is 1. The summed E-state index contributed by atoms with van der Waals surface area (Å²) in [5.74, 6) is 1.22. The summed E-state index contributed by atoms with van der Waals surface area (Å²) in [7, 11) is 2.21. The molecule has 1 aliphatic heterocycles. The average molecular weight is 232 g/mol. The van der Waals surface area contributed by atoms with Crippen molar-refractivity contribution in [1.29, 1.82) is 0 Å². The Hall–Kier alpha value is 0.230. The maximum absolute atomic E-state index is 5.46. The van der Waals surface area contributed by atoms with Crippen LogP contribution >= 0.6 is 11.8 Å². The van der Waals surface area contributed by atoms with Crippen LogP contribution in [-0.2, 0) is 4.74 Å². The van der Waals surface area contributed by atoms with Crippen LogP contribution in [0.4, 0.5) is 0 Å². The van der Waals surface area contributed by atoms with Crippen LogP contribution in [0, 0.1) is 0 Å². The van der Waals surface area contributed by atoms with Gasteiger partial charge in [0.1, 0.15) is 0 Å². The van der Waals surface area contributed by atoms with Crippen molar-refractivity contribution in [2.75, 3.05) is 45.4 Å². The van der Waals surface area contributed by atoms with E-state index in [9.17, 15) is 0 Å². The van der Waals surface area contributed by atoms with Gasteiger partial charge in [0.25, 0.3) is 0 Å². The normalized spacial score (nSPS) is 24.4. The van der Waals surface area contributed by atoms with Gasteiger partial charge in [-0.25, -0.2) is 0 Å². The predicted molar refractivity (Wildman–Crippen MR) is 67.7 cm³/mol. The highest BCUT2D eigenvalue weighted by molar-refractivity contribution is 7.98. The van der Waals surface area contributed by atoms with Crippen molar-refractivity contribution in [2.24, 2.45) is 0 Å². The molecule has 0 aromatic rings. The van der Waals surface area contributed by atoms with Crippen LogP contribution < -0.4 is 5.32 Å². The summed E-state index contributed by atoms with van der Waals surface area (Å²) in [4.78, 5) is 2.44. The van der Waals surface area contributed by atoms with Crippen LogP contribution in [0.25, 0.3) is 0 Å². The number of ether oxygens (including phenoxy) is 1. The van der Waals surface area contributed by atoms with Gasteiger partial charge in [-0.2, -0.15) is 11.8 Å². The molecule has 2 unspecified atom stereocenters. The maximum Gasteiger partial charge on any atom is 0.0620 e. The summed E-state index contributed by atoms with van der Waals surface area (Å²) in [6, 6.07) is 1.18. The molecule has 1 N–H and O–H groups in total. The molecule has 0 amide bonds. The second kappa shape index (κ2) is 7.49. The van der Waals surface area contributed by atoms with E-state index in [4.69, 9.17) is 4.74 Å². The Labute approximate surface area is 97.9 Å². The lowest BCUT2D eigenvalue weighted by Gasteiger charge is -2.30. The molecule has 2 atom stereocenters. The summed E-state index contributed by atoms with van der Waals surface area (Å²) < 4.78 is 5.46. The highest BCUT2D eigenvalue weighted by Gasteiger charge is 2.18. The van der Waals surface area contributed by atoms with Gasteiger partial charge in [0.2, 0.25) is 0 Å². The van der Waals surface area contributed by atoms with Gasteiger partial charge in [-0.15, -0.1) is 0 Å². The molecule has 0 radical (unpaired) electrons. The minimum absolute atomic E-state index is 0.547. The number of nitrogens with one attached hydrogen (secondary N) is 1. The van der Waals surface area contributed by atoms with Crippen LogP contribution in [0.5, 0.6) is 0 Å². The quantitative estimate of drug-likeness (QED) is 0.740. The summed E-state index contributed by atoms with van der Waals surface area (Å²) in [6.45, 7) is 6.23. The van der Waals surface area contributed by atoms with E-state index < -0.39 is 0 Å². The Morgan fingerprint density at radius 3 is 3.00 bits per heavy atom. The molecule has 1 aliphatic rings. The molecule has 1 rings (SSSR count). The van der Waals surface area contributed by atoms with E-state index in [1.54, 1.807) is 0 Å². The lowest BCUT2D eigenvalue weighted by Crippen LogP contribution is -2.45. The number of nitrogens with zero attached hydrogens (tertiary/aromatic N) is 1. The van der Waals surface area contributed by atoms with E-state index in [1.165, 1.54) is 18.7 Å². The number of morpholine rings is 1. The van der Waals surface area contributed by atoms with E-state index >= 15 is 0 Å². The van der Waals surface area contributed by atoms with Gasteiger partial charge < -0.3 is 15.0 Å². The van der Waals surface area contributed by atoms with Gasteiger partial charge in [0.15, 0.2) is 0 Å². The number of hydrogen-bond donors (Lipinski definition) is 1. The fraction of sp³-hybridized carbons (Fsp3) is 1.00. The highest BCUT2D eigenvalue weighted by atomic mass is 32.2. The van der Waals surface area contributed by atoms with Crippen LogP contribution in [0.15, 0.2) is 0 Å². The monoisotopic (exact) mass is 232 g/mol. The minimum atomic E-state index is 0.547. The molecule has 0 bridgehead atoms. The molecule has 0 aliphatic carbocycles. The van der Waals surface area contributed by atoms with E-state index in [0.717, 1.165) is 19.8 Å². The first kappa shape index (κ1) is 13.3. The van der Waals surface area contributed by atoms with Gasteiger partial charge in [-0.05, 0) is 26.6 Å². The molecule has 0 saturated carbocycles. The first-order chi connectivity index (χ1) is 7.24. The Morgan fingerprint density at radius 1 is 1.60 bits per heavy atom. The van der Waals surface area contributed by atoms with Crippen LogP contribution in [0.1, 0.15) is 13.3 Å². The van der Waals surface area contributed by atoms with E-state index in [1.807, 2.05) is 11.8 Å². The van der Waals surface area contributed by atoms with Crippen molar-refractivity contribution in [3.8, 4) is 0 Å². The van der Waals surface area contributed by atoms with E-state index in [2.05, 4.69) is 30.4 Å². The zero-order chi connectivity index (χ0) is 11.1. The SMILES string of the molecule is CSCCN(C)C(C)CC1COCCN1. The number of hydrogen-bond acceptors (Lipinski definition) is 4. The van der Waals surface area contributed by atoms with Crippen molar-refractivity contribution in [2.45, 2.75) is 25.4 Å². The Kier molecular flexibility index (Phi) is 6.64. The summed E-state index contributed by atoms with van der Waals surface area (Å²) in [6.07, 6.45) is 3.35. The third-order valence-corrected chi connectivity index (χ3v) is 3.62. The Balaban J connectivity index is 2.17. The van der Waals surface area contributed by atoms with Crippen LogP contribution in [-0.4, -0.2) is 62.3 Å². The molecular formula is C11H24N2OS. The van der Waals surface area contributed by atoms with Gasteiger partial charge in [0.05, 0.1) is 13.2 Å². The second-order valence-electron chi connectivity index (χ2n) is 4.28. The standard InChI is InChI=1S/C11H24N2OS/c1-10(13(2)5-7-15-3)8-11-9-14-6-4-12-11/h10-12H,4-9H2,1-3H3. The molecule has 1 fully saturated rings. The molecule has 4 heteroatoms. The largest absolute Gasteiger partial charge is 0.379 e. The molecule has 3 nitrogen and oxygen atoms in total. The summed E-state index contributed by atoms with van der Waals surface area (Å²) in [5.41, 5.74) is 0. The molecule has 0 aromatic heterocycles. The van der Waals surface area contributed by atoms with Gasteiger partial charge >= 0.3 is 0 Å². The molecule has 90 valence electrons. The minimum Gasteiger partial charge on any atom is -0.379 e. The second-order valence-corrected chi connectivity index (χ2v) is 5.27.